The zero-order chi connectivity index (χ0) is 44.7. The number of nitrogens with one attached hydrogen (secondary N) is 1. The monoisotopic (exact) mass is 908 g/mol. The fourth-order valence-corrected chi connectivity index (χ4v) is 10.4. The molecule has 328 valence electrons. The number of hydrogen-bond donors (Lipinski definition) is 1. The summed E-state index contributed by atoms with van der Waals surface area (Å²) in [4.78, 5) is 35.6. The van der Waals surface area contributed by atoms with Crippen molar-refractivity contribution in [2.75, 3.05) is 39.6 Å². The van der Waals surface area contributed by atoms with Crippen LogP contribution in [0.1, 0.15) is 98.4 Å². The van der Waals surface area contributed by atoms with E-state index in [2.05, 4.69) is 35.1 Å². The topological polar surface area (TPSA) is 179 Å². The van der Waals surface area contributed by atoms with Gasteiger partial charge < -0.3 is 19.2 Å². The number of nitriles is 1. The first-order chi connectivity index (χ1) is 30.4. The summed E-state index contributed by atoms with van der Waals surface area (Å²) < 4.78 is 45.5. The summed E-state index contributed by atoms with van der Waals surface area (Å²) >= 11 is 7.90. The third-order valence-electron chi connectivity index (χ3n) is 11.1. The van der Waals surface area contributed by atoms with E-state index in [0.717, 1.165) is 44.2 Å². The van der Waals surface area contributed by atoms with Gasteiger partial charge in [-0.1, -0.05) is 48.0 Å². The van der Waals surface area contributed by atoms with Gasteiger partial charge in [-0.05, 0) is 81.5 Å². The van der Waals surface area contributed by atoms with Gasteiger partial charge in [0.05, 0.1) is 53.9 Å². The van der Waals surface area contributed by atoms with Crippen LogP contribution in [0.15, 0.2) is 76.7 Å². The fourth-order valence-electron chi connectivity index (χ4n) is 7.67. The molecule has 3 aromatic carbocycles. The second kappa shape index (κ2) is 20.4. The molecule has 16 heteroatoms. The maximum atomic E-state index is 13.3. The molecule has 63 heavy (non-hydrogen) atoms. The molecule has 0 bridgehead atoms. The van der Waals surface area contributed by atoms with Crippen molar-refractivity contribution >= 4 is 61.0 Å². The van der Waals surface area contributed by atoms with E-state index in [1.807, 2.05) is 48.7 Å². The van der Waals surface area contributed by atoms with Crippen LogP contribution in [0.5, 0.6) is 0 Å². The Kier molecular flexibility index (Phi) is 14.8. The number of ketones is 2. The van der Waals surface area contributed by atoms with E-state index in [0.29, 0.717) is 92.0 Å². The Labute approximate surface area is 376 Å². The van der Waals surface area contributed by atoms with Gasteiger partial charge in [0.25, 0.3) is 0 Å². The smallest absolute Gasteiger partial charge is 0.182 e. The first kappa shape index (κ1) is 45.7. The van der Waals surface area contributed by atoms with Crippen molar-refractivity contribution in [3.63, 3.8) is 0 Å². The molecule has 0 saturated carbocycles. The molecule has 7 rings (SSSR count). The van der Waals surface area contributed by atoms with Gasteiger partial charge in [-0.3, -0.25) is 19.1 Å². The summed E-state index contributed by atoms with van der Waals surface area (Å²) in [5, 5.41) is 20.7. The predicted molar refractivity (Wildman–Crippen MR) is 243 cm³/mol. The van der Waals surface area contributed by atoms with Gasteiger partial charge in [0.2, 0.25) is 0 Å². The molecule has 1 aliphatic rings. The highest BCUT2D eigenvalue weighted by atomic mass is 35.5. The lowest BCUT2D eigenvalue weighted by molar-refractivity contribution is -0.119. The molecule has 13 nitrogen and oxygen atoms in total. The van der Waals surface area contributed by atoms with Crippen molar-refractivity contribution in [2.45, 2.75) is 76.5 Å². The highest BCUT2D eigenvalue weighted by Crippen LogP contribution is 2.40. The number of ether oxygens (including phenoxy) is 3. The molecule has 1 N–H and O–H groups in total. The van der Waals surface area contributed by atoms with Gasteiger partial charge in [0.15, 0.2) is 21.4 Å². The number of rotatable bonds is 21. The van der Waals surface area contributed by atoms with Gasteiger partial charge >= 0.3 is 0 Å². The van der Waals surface area contributed by atoms with Crippen LogP contribution in [0.25, 0.3) is 15.9 Å². The highest BCUT2D eigenvalue weighted by molar-refractivity contribution is 7.90. The number of Topliss-reactive ketones (excluding diaryl/α,β-unsaturated/α-hetero) is 2. The molecule has 0 radical (unpaired) electrons. The molecule has 0 saturated heterocycles. The Morgan fingerprint density at radius 1 is 0.873 bits per heavy atom. The fraction of sp³-hybridized carbons (Fsp3) is 0.362. The van der Waals surface area contributed by atoms with Crippen molar-refractivity contribution < 1.29 is 32.2 Å². The van der Waals surface area contributed by atoms with E-state index in [1.54, 1.807) is 35.7 Å². The lowest BCUT2D eigenvalue weighted by Gasteiger charge is -2.12. The number of carbonyl (C=O) groups is 2. The molecule has 0 spiro atoms. The molecule has 0 aliphatic carbocycles. The minimum Gasteiger partial charge on any atom is -0.379 e. The summed E-state index contributed by atoms with van der Waals surface area (Å²) in [6.07, 6.45) is 3.46. The minimum atomic E-state index is -3.71. The van der Waals surface area contributed by atoms with E-state index in [9.17, 15) is 23.3 Å². The number of H-pyrrole nitrogens is 1. The van der Waals surface area contributed by atoms with Crippen LogP contribution in [0, 0.1) is 39.0 Å². The molecule has 0 unspecified atom stereocenters. The number of halogens is 1. The standard InChI is InChI=1S/C47H49ClN6O7S2/c1-29-9-10-35(44-42(29)36(26-49)27-50-44)28-63(57,58)39-17-13-33(14-18-39)41(56)8-6-20-60-22-24-61-23-21-59-19-5-7-38(55)25-40-46-53-52-32(4)54(46)47-43(30(2)31(3)62-47)45(51-40)34-11-15-37(48)16-12-34/h9-18,27,40,50H,5-8,19-25,28H2,1-4H3/t40-/m0/s1. The second-order valence-electron chi connectivity index (χ2n) is 15.5. The Bertz CT molecular complexity index is 2800. The number of aliphatic imine (C=N–C) groups is 1. The molecule has 1 atom stereocenters. The molecule has 4 heterocycles. The number of nitrogens with zero attached hydrogens (tertiary/aromatic N) is 5. The zero-order valence-corrected chi connectivity index (χ0v) is 38.1. The van der Waals surface area contributed by atoms with Gasteiger partial charge in [-0.25, -0.2) is 8.42 Å². The third-order valence-corrected chi connectivity index (χ3v) is 14.2. The van der Waals surface area contributed by atoms with Crippen LogP contribution in [0.4, 0.5) is 0 Å². The van der Waals surface area contributed by atoms with Crippen molar-refractivity contribution in [3.05, 3.63) is 127 Å². The second-order valence-corrected chi connectivity index (χ2v) is 19.1. The van der Waals surface area contributed by atoms with Crippen molar-refractivity contribution in [3.8, 4) is 11.1 Å². The Morgan fingerprint density at radius 2 is 1.54 bits per heavy atom. The van der Waals surface area contributed by atoms with Crippen LogP contribution in [-0.2, 0) is 34.6 Å². The molecule has 1 aliphatic heterocycles. The summed E-state index contributed by atoms with van der Waals surface area (Å²) in [7, 11) is -3.71. The molecule has 3 aromatic heterocycles. The van der Waals surface area contributed by atoms with Crippen molar-refractivity contribution in [2.24, 2.45) is 4.99 Å². The van der Waals surface area contributed by atoms with Gasteiger partial charge in [0.1, 0.15) is 28.7 Å². The average Bonchev–Trinajstić information content (AvgIpc) is 3.94. The highest BCUT2D eigenvalue weighted by Gasteiger charge is 2.32. The van der Waals surface area contributed by atoms with Gasteiger partial charge in [-0.2, -0.15) is 5.26 Å². The maximum Gasteiger partial charge on any atom is 0.182 e. The third kappa shape index (κ3) is 10.6. The van der Waals surface area contributed by atoms with Crippen LogP contribution in [0.3, 0.4) is 0 Å². The number of hydrogen-bond acceptors (Lipinski definition) is 12. The Morgan fingerprint density at radius 3 is 2.22 bits per heavy atom. The first-order valence-electron chi connectivity index (χ1n) is 20.8. The number of sulfone groups is 1. The molecule has 0 amide bonds. The normalized spacial score (nSPS) is 13.7. The van der Waals surface area contributed by atoms with E-state index in [1.165, 1.54) is 17.0 Å². The predicted octanol–water partition coefficient (Wildman–Crippen LogP) is 8.89. The number of thiophene rings is 1. The molecular weight excluding hydrogens is 860 g/mol. The number of aromatic nitrogens is 4. The van der Waals surface area contributed by atoms with Gasteiger partial charge in [0, 0.05) is 70.6 Å². The number of aromatic amines is 1. The zero-order valence-electron chi connectivity index (χ0n) is 35.7. The lowest BCUT2D eigenvalue weighted by atomic mass is 9.99. The number of carbonyl (C=O) groups excluding carboxylic acids is 2. The van der Waals surface area contributed by atoms with Crippen LogP contribution in [0.2, 0.25) is 5.02 Å². The van der Waals surface area contributed by atoms with Crippen molar-refractivity contribution in [1.29, 1.82) is 5.26 Å². The van der Waals surface area contributed by atoms with E-state index >= 15 is 0 Å². The van der Waals surface area contributed by atoms with Gasteiger partial charge in [-0.15, -0.1) is 21.5 Å². The quantitative estimate of drug-likeness (QED) is 0.0542. The summed E-state index contributed by atoms with van der Waals surface area (Å²) in [5.41, 5.74) is 6.91. The number of fused-ring (bicyclic) bond motifs is 4. The van der Waals surface area contributed by atoms with E-state index < -0.39 is 15.9 Å². The van der Waals surface area contributed by atoms with E-state index in [-0.39, 0.29) is 35.1 Å². The SMILES string of the molecule is Cc1sc2c(c1C)C(c1ccc(Cl)cc1)=N[C@@H](CC(=O)CCCOCCOCCOCCCC(=O)c1ccc(S(=O)(=O)Cc3ccc(C)c4c(C#N)c[nH]c34)cc1)c1nnc(C)n1-2. The Balaban J connectivity index is 0.772. The maximum absolute atomic E-state index is 13.3. The summed E-state index contributed by atoms with van der Waals surface area (Å²) in [6, 6.07) is 18.8. The number of aryl methyl sites for hydroxylation is 3. The minimum absolute atomic E-state index is 0.0672. The average molecular weight is 910 g/mol. The number of benzene rings is 3. The largest absolute Gasteiger partial charge is 0.379 e. The summed E-state index contributed by atoms with van der Waals surface area (Å²) in [5.74, 6) is 1.13. The lowest BCUT2D eigenvalue weighted by Crippen LogP contribution is -2.13. The molecule has 6 aromatic rings. The molecular formula is C47H49ClN6O7S2. The molecule has 0 fully saturated rings. The first-order valence-corrected chi connectivity index (χ1v) is 23.7. The van der Waals surface area contributed by atoms with Crippen LogP contribution in [-0.4, -0.2) is 85.1 Å². The van der Waals surface area contributed by atoms with Crippen LogP contribution >= 0.6 is 22.9 Å². The summed E-state index contributed by atoms with van der Waals surface area (Å²) in [6.45, 7) is 10.3. The van der Waals surface area contributed by atoms with E-state index in [4.69, 9.17) is 30.8 Å². The van der Waals surface area contributed by atoms with Crippen LogP contribution < -0.4 is 0 Å². The Hall–Kier alpha value is -5.34. The van der Waals surface area contributed by atoms with Crippen molar-refractivity contribution in [1.82, 2.24) is 19.7 Å².